The topological polar surface area (TPSA) is 52.0 Å². The summed E-state index contributed by atoms with van der Waals surface area (Å²) in [5.41, 5.74) is 2.31. The largest absolute Gasteiger partial charge is 0.481 e. The van der Waals surface area contributed by atoms with E-state index in [2.05, 4.69) is 15.3 Å². The van der Waals surface area contributed by atoms with Gasteiger partial charge in [-0.25, -0.2) is 9.97 Å². The van der Waals surface area contributed by atoms with Crippen molar-refractivity contribution in [2.75, 3.05) is 7.11 Å². The third-order valence-corrected chi connectivity index (χ3v) is 2.56. The summed E-state index contributed by atoms with van der Waals surface area (Å²) in [7, 11) is 3.61. The van der Waals surface area contributed by atoms with Gasteiger partial charge in [0.1, 0.15) is 0 Å². The van der Waals surface area contributed by atoms with Crippen molar-refractivity contribution in [2.45, 2.75) is 13.1 Å². The van der Waals surface area contributed by atoms with E-state index in [-0.39, 0.29) is 0 Å². The molecule has 0 aliphatic heterocycles. The van der Waals surface area contributed by atoms with Crippen LogP contribution in [-0.2, 0) is 20.1 Å². The zero-order valence-corrected chi connectivity index (χ0v) is 10.1. The Bertz CT molecular complexity index is 481. The summed E-state index contributed by atoms with van der Waals surface area (Å²) in [5.74, 6) is 0.643. The van der Waals surface area contributed by atoms with E-state index in [1.165, 1.54) is 0 Å². The minimum atomic E-state index is 0.643. The summed E-state index contributed by atoms with van der Waals surface area (Å²) in [6.45, 7) is 1.57. The van der Waals surface area contributed by atoms with Crippen molar-refractivity contribution in [1.82, 2.24) is 19.9 Å². The Morgan fingerprint density at radius 3 is 3.00 bits per heavy atom. The molecule has 2 rings (SSSR count). The molecule has 0 spiro atoms. The number of pyridine rings is 1. The molecule has 0 atom stereocenters. The smallest absolute Gasteiger partial charge is 0.213 e. The van der Waals surface area contributed by atoms with Crippen molar-refractivity contribution in [2.24, 2.45) is 7.05 Å². The number of nitrogens with zero attached hydrogens (tertiary/aromatic N) is 3. The molecular weight excluding hydrogens is 216 g/mol. The number of rotatable bonds is 5. The van der Waals surface area contributed by atoms with E-state index < -0.39 is 0 Å². The number of hydrogen-bond donors (Lipinski definition) is 1. The van der Waals surface area contributed by atoms with E-state index in [4.69, 9.17) is 4.74 Å². The van der Waals surface area contributed by atoms with Gasteiger partial charge < -0.3 is 14.6 Å². The van der Waals surface area contributed by atoms with Crippen LogP contribution in [0.15, 0.2) is 30.9 Å². The second kappa shape index (κ2) is 5.45. The van der Waals surface area contributed by atoms with E-state index >= 15 is 0 Å². The number of imidazole rings is 1. The second-order valence-corrected chi connectivity index (χ2v) is 3.81. The molecule has 0 saturated heterocycles. The van der Waals surface area contributed by atoms with E-state index in [0.29, 0.717) is 5.88 Å². The summed E-state index contributed by atoms with van der Waals surface area (Å²) in [6.07, 6.45) is 5.41. The third-order valence-electron chi connectivity index (χ3n) is 2.56. The maximum Gasteiger partial charge on any atom is 0.213 e. The van der Waals surface area contributed by atoms with Gasteiger partial charge in [0.15, 0.2) is 0 Å². The van der Waals surface area contributed by atoms with Crippen LogP contribution in [0.25, 0.3) is 0 Å². The van der Waals surface area contributed by atoms with Gasteiger partial charge in [-0.1, -0.05) is 0 Å². The lowest BCUT2D eigenvalue weighted by molar-refractivity contribution is 0.397. The number of hydrogen-bond acceptors (Lipinski definition) is 4. The van der Waals surface area contributed by atoms with Crippen LogP contribution in [0.4, 0.5) is 0 Å². The van der Waals surface area contributed by atoms with E-state index in [0.717, 1.165) is 24.3 Å². The summed E-state index contributed by atoms with van der Waals surface area (Å²) in [4.78, 5) is 8.13. The molecule has 2 aromatic heterocycles. The van der Waals surface area contributed by atoms with Crippen LogP contribution in [-0.4, -0.2) is 21.6 Å². The maximum atomic E-state index is 5.07. The Kier molecular flexibility index (Phi) is 3.72. The molecule has 90 valence electrons. The predicted molar refractivity (Wildman–Crippen MR) is 64.5 cm³/mol. The highest BCUT2D eigenvalue weighted by Gasteiger charge is 1.99. The Balaban J connectivity index is 1.87. The molecule has 1 N–H and O–H groups in total. The van der Waals surface area contributed by atoms with Crippen molar-refractivity contribution in [3.05, 3.63) is 42.1 Å². The van der Waals surface area contributed by atoms with E-state index in [9.17, 15) is 0 Å². The van der Waals surface area contributed by atoms with Crippen LogP contribution in [0.5, 0.6) is 5.88 Å². The Labute approximate surface area is 100 Å². The van der Waals surface area contributed by atoms with Crippen LogP contribution in [0.2, 0.25) is 0 Å². The number of nitrogens with one attached hydrogen (secondary N) is 1. The number of ether oxygens (including phenoxy) is 1. The summed E-state index contributed by atoms with van der Waals surface area (Å²) >= 11 is 0. The lowest BCUT2D eigenvalue weighted by atomic mass is 10.2. The van der Waals surface area contributed by atoms with Gasteiger partial charge in [-0.15, -0.1) is 0 Å². The molecule has 0 saturated carbocycles. The number of methoxy groups -OCH3 is 1. The van der Waals surface area contributed by atoms with Gasteiger partial charge in [0.05, 0.1) is 19.1 Å². The van der Waals surface area contributed by atoms with E-state index in [1.54, 1.807) is 19.6 Å². The monoisotopic (exact) mass is 232 g/mol. The van der Waals surface area contributed by atoms with Crippen molar-refractivity contribution in [3.63, 3.8) is 0 Å². The van der Waals surface area contributed by atoms with Crippen LogP contribution >= 0.6 is 0 Å². The molecule has 0 fully saturated rings. The van der Waals surface area contributed by atoms with Crippen molar-refractivity contribution in [1.29, 1.82) is 0 Å². The number of aromatic nitrogens is 3. The molecule has 0 aliphatic carbocycles. The maximum absolute atomic E-state index is 5.07. The first-order valence-corrected chi connectivity index (χ1v) is 5.44. The second-order valence-electron chi connectivity index (χ2n) is 3.81. The Hall–Kier alpha value is -1.88. The van der Waals surface area contributed by atoms with Crippen molar-refractivity contribution in [3.8, 4) is 5.88 Å². The Morgan fingerprint density at radius 1 is 1.41 bits per heavy atom. The average Bonchev–Trinajstić information content (AvgIpc) is 2.76. The molecule has 2 heterocycles. The molecule has 0 unspecified atom stereocenters. The first-order chi connectivity index (χ1) is 8.29. The van der Waals surface area contributed by atoms with Crippen LogP contribution in [0.3, 0.4) is 0 Å². The highest BCUT2D eigenvalue weighted by atomic mass is 16.5. The minimum absolute atomic E-state index is 0.643. The normalized spacial score (nSPS) is 10.5. The molecule has 2 aromatic rings. The molecule has 17 heavy (non-hydrogen) atoms. The summed E-state index contributed by atoms with van der Waals surface area (Å²) in [6, 6.07) is 3.90. The van der Waals surface area contributed by atoms with Crippen molar-refractivity contribution >= 4 is 0 Å². The average molecular weight is 232 g/mol. The van der Waals surface area contributed by atoms with Crippen LogP contribution in [0.1, 0.15) is 11.3 Å². The predicted octanol–water partition coefficient (Wildman–Crippen LogP) is 1.11. The van der Waals surface area contributed by atoms with Crippen LogP contribution < -0.4 is 10.1 Å². The van der Waals surface area contributed by atoms with Gasteiger partial charge >= 0.3 is 0 Å². The standard InChI is InChI=1S/C12H16N4O/c1-16-9-14-8-11(16)7-13-6-10-3-4-15-12(5-10)17-2/h3-5,8-9,13H,6-7H2,1-2H3. The summed E-state index contributed by atoms with van der Waals surface area (Å²) < 4.78 is 7.07. The third kappa shape index (κ3) is 3.04. The molecule has 0 aromatic carbocycles. The molecule has 0 aliphatic rings. The highest BCUT2D eigenvalue weighted by Crippen LogP contribution is 2.08. The molecule has 0 bridgehead atoms. The number of aryl methyl sites for hydroxylation is 1. The molecule has 0 radical (unpaired) electrons. The van der Waals surface area contributed by atoms with Gasteiger partial charge in [-0.3, -0.25) is 0 Å². The fraction of sp³-hybridized carbons (Fsp3) is 0.333. The fourth-order valence-corrected chi connectivity index (χ4v) is 1.56. The first kappa shape index (κ1) is 11.6. The van der Waals surface area contributed by atoms with Gasteiger partial charge in [-0.2, -0.15) is 0 Å². The zero-order chi connectivity index (χ0) is 12.1. The summed E-state index contributed by atoms with van der Waals surface area (Å²) in [5, 5.41) is 3.35. The van der Waals surface area contributed by atoms with Crippen LogP contribution in [0, 0.1) is 0 Å². The lowest BCUT2D eigenvalue weighted by Gasteiger charge is -2.06. The lowest BCUT2D eigenvalue weighted by Crippen LogP contribution is -2.14. The first-order valence-electron chi connectivity index (χ1n) is 5.44. The zero-order valence-electron chi connectivity index (χ0n) is 10.1. The molecule has 0 amide bonds. The molecule has 5 nitrogen and oxygen atoms in total. The molecular formula is C12H16N4O. The Morgan fingerprint density at radius 2 is 2.29 bits per heavy atom. The van der Waals surface area contributed by atoms with Gasteiger partial charge in [0.2, 0.25) is 5.88 Å². The fourth-order valence-electron chi connectivity index (χ4n) is 1.56. The SMILES string of the molecule is COc1cc(CNCc2cncn2C)ccn1. The molecule has 5 heteroatoms. The van der Waals surface area contributed by atoms with Crippen molar-refractivity contribution < 1.29 is 4.74 Å². The highest BCUT2D eigenvalue weighted by molar-refractivity contribution is 5.20. The minimum Gasteiger partial charge on any atom is -0.481 e. The van der Waals surface area contributed by atoms with E-state index in [1.807, 2.05) is 29.9 Å². The van der Waals surface area contributed by atoms with Gasteiger partial charge in [0.25, 0.3) is 0 Å². The van der Waals surface area contributed by atoms with Gasteiger partial charge in [-0.05, 0) is 11.6 Å². The quantitative estimate of drug-likeness (QED) is 0.839. The van der Waals surface area contributed by atoms with Gasteiger partial charge in [0, 0.05) is 38.6 Å².